The molecule has 0 saturated carbocycles. The quantitative estimate of drug-likeness (QED) is 0.270. The first-order chi connectivity index (χ1) is 11.8. The number of aliphatic hydroxyl groups excluding tert-OH is 1. The normalized spacial score (nSPS) is 12.3. The van der Waals surface area contributed by atoms with Crippen molar-refractivity contribution < 1.29 is 62.5 Å². The monoisotopic (exact) mass is 512 g/mol. The Morgan fingerprint density at radius 2 is 1.04 bits per heavy atom. The SMILES string of the molecule is C.C=CCBr.C=CCOC(C(F)(F)F)C(F)(F)F.OC(C(F)(F)F)C(F)(F)F. The Bertz CT molecular complexity index is 384. The number of aliphatic hydroxyl groups is 1. The van der Waals surface area contributed by atoms with Gasteiger partial charge in [0.2, 0.25) is 12.2 Å². The maximum Gasteiger partial charge on any atom is 0.423 e. The van der Waals surface area contributed by atoms with Gasteiger partial charge in [0.15, 0.2) is 0 Å². The highest BCUT2D eigenvalue weighted by Crippen LogP contribution is 2.35. The minimum absolute atomic E-state index is 0. The van der Waals surface area contributed by atoms with E-state index in [-0.39, 0.29) is 7.43 Å². The van der Waals surface area contributed by atoms with Crippen LogP contribution in [0.1, 0.15) is 7.43 Å². The fraction of sp³-hybridized carbons (Fsp3) is 0.692. The van der Waals surface area contributed by atoms with Gasteiger partial charge < -0.3 is 9.84 Å². The highest BCUT2D eigenvalue weighted by Gasteiger charge is 2.58. The highest BCUT2D eigenvalue weighted by molar-refractivity contribution is 9.09. The molecule has 0 atom stereocenters. The van der Waals surface area contributed by atoms with Crippen LogP contribution in [0.15, 0.2) is 25.3 Å². The molecule has 0 aliphatic carbocycles. The van der Waals surface area contributed by atoms with E-state index in [1.807, 2.05) is 0 Å². The Kier molecular flexibility index (Phi) is 17.4. The zero-order valence-electron chi connectivity index (χ0n) is 12.9. The lowest BCUT2D eigenvalue weighted by atomic mass is 10.3. The van der Waals surface area contributed by atoms with Gasteiger partial charge in [0, 0.05) is 5.33 Å². The van der Waals surface area contributed by atoms with E-state index in [2.05, 4.69) is 33.8 Å². The molecule has 0 aliphatic rings. The Balaban J connectivity index is -0.000000171. The summed E-state index contributed by atoms with van der Waals surface area (Å²) >= 11 is 3.13. The Morgan fingerprint density at radius 1 is 0.750 bits per heavy atom. The van der Waals surface area contributed by atoms with Crippen LogP contribution in [0.4, 0.5) is 52.7 Å². The number of ether oxygens (including phenoxy) is 1. The van der Waals surface area contributed by atoms with Crippen LogP contribution in [0.3, 0.4) is 0 Å². The summed E-state index contributed by atoms with van der Waals surface area (Å²) in [5, 5.41) is 8.37. The third-order valence-electron chi connectivity index (χ3n) is 1.70. The number of rotatable bonds is 4. The van der Waals surface area contributed by atoms with Gasteiger partial charge in [-0.2, -0.15) is 52.7 Å². The van der Waals surface area contributed by atoms with Gasteiger partial charge in [-0.05, 0) is 0 Å². The van der Waals surface area contributed by atoms with Crippen LogP contribution < -0.4 is 0 Å². The van der Waals surface area contributed by atoms with Crippen LogP contribution in [0.2, 0.25) is 0 Å². The molecule has 0 aromatic rings. The highest BCUT2D eigenvalue weighted by atomic mass is 79.9. The molecular formula is C13H17BrF12O2. The minimum Gasteiger partial charge on any atom is -0.377 e. The van der Waals surface area contributed by atoms with Crippen molar-refractivity contribution in [3.63, 3.8) is 0 Å². The molecule has 0 rings (SSSR count). The topological polar surface area (TPSA) is 29.5 Å². The first-order valence-electron chi connectivity index (χ1n) is 6.11. The average Bonchev–Trinajstić information content (AvgIpc) is 2.43. The van der Waals surface area contributed by atoms with Crippen molar-refractivity contribution in [2.45, 2.75) is 44.3 Å². The molecule has 0 bridgehead atoms. The van der Waals surface area contributed by atoms with Gasteiger partial charge in [-0.25, -0.2) is 0 Å². The fourth-order valence-corrected chi connectivity index (χ4v) is 0.724. The minimum atomic E-state index is -5.63. The fourth-order valence-electron chi connectivity index (χ4n) is 0.724. The van der Waals surface area contributed by atoms with Crippen LogP contribution in [0, 0.1) is 0 Å². The lowest BCUT2D eigenvalue weighted by molar-refractivity contribution is -0.319. The van der Waals surface area contributed by atoms with E-state index < -0.39 is 43.5 Å². The molecule has 0 unspecified atom stereocenters. The van der Waals surface area contributed by atoms with E-state index in [0.29, 0.717) is 0 Å². The zero-order chi connectivity index (χ0) is 22.7. The third kappa shape index (κ3) is 18.4. The van der Waals surface area contributed by atoms with Gasteiger partial charge in [-0.1, -0.05) is 35.5 Å². The second kappa shape index (κ2) is 14.1. The molecule has 2 nitrogen and oxygen atoms in total. The van der Waals surface area contributed by atoms with Crippen LogP contribution in [0.25, 0.3) is 0 Å². The van der Waals surface area contributed by atoms with Crippen LogP contribution in [-0.2, 0) is 4.74 Å². The Labute approximate surface area is 161 Å². The van der Waals surface area contributed by atoms with Crippen LogP contribution >= 0.6 is 15.9 Å². The largest absolute Gasteiger partial charge is 0.423 e. The van der Waals surface area contributed by atoms with Crippen molar-refractivity contribution >= 4 is 15.9 Å². The predicted octanol–water partition coefficient (Wildman–Crippen LogP) is 6.36. The summed E-state index contributed by atoms with van der Waals surface area (Å²) < 4.78 is 139. The average molecular weight is 513 g/mol. The molecule has 28 heavy (non-hydrogen) atoms. The van der Waals surface area contributed by atoms with Crippen molar-refractivity contribution in [1.82, 2.24) is 0 Å². The molecule has 0 aromatic carbocycles. The molecule has 0 spiro atoms. The molecule has 172 valence electrons. The van der Waals surface area contributed by atoms with Crippen molar-refractivity contribution in [3.05, 3.63) is 25.3 Å². The molecule has 0 heterocycles. The second-order valence-electron chi connectivity index (χ2n) is 4.01. The lowest BCUT2D eigenvalue weighted by Gasteiger charge is -2.22. The molecule has 0 saturated heterocycles. The Morgan fingerprint density at radius 3 is 1.14 bits per heavy atom. The van der Waals surface area contributed by atoms with E-state index >= 15 is 0 Å². The summed E-state index contributed by atoms with van der Waals surface area (Å²) in [4.78, 5) is 0. The van der Waals surface area contributed by atoms with Gasteiger partial charge in [0.05, 0.1) is 6.61 Å². The van der Waals surface area contributed by atoms with Gasteiger partial charge in [0.25, 0.3) is 0 Å². The van der Waals surface area contributed by atoms with E-state index in [9.17, 15) is 52.7 Å². The first-order valence-corrected chi connectivity index (χ1v) is 7.23. The molecule has 0 aromatic heterocycles. The number of hydrogen-bond acceptors (Lipinski definition) is 2. The standard InChI is InChI=1S/C6H6F6O.C3H5Br.C3H2F6O.CH4/c1-2-3-13-4(5(7,8)9)6(10,11)12;1-2-3-4;4-2(5,6)1(10)3(7,8)9;/h2,4H,1,3H2;2H,1,3H2;1,10H;1H4. The molecule has 1 N–H and O–H groups in total. The van der Waals surface area contributed by atoms with Crippen molar-refractivity contribution in [1.29, 1.82) is 0 Å². The predicted molar refractivity (Wildman–Crippen MR) is 80.9 cm³/mol. The lowest BCUT2D eigenvalue weighted by Crippen LogP contribution is -2.44. The molecule has 0 amide bonds. The summed E-state index contributed by atoms with van der Waals surface area (Å²) in [6.45, 7) is 5.57. The van der Waals surface area contributed by atoms with Gasteiger partial charge in [-0.3, -0.25) is 0 Å². The molecule has 0 radical (unpaired) electrons. The van der Waals surface area contributed by atoms with Gasteiger partial charge in [0.1, 0.15) is 0 Å². The second-order valence-corrected chi connectivity index (χ2v) is 4.66. The summed E-state index contributed by atoms with van der Waals surface area (Å²) in [6.07, 6.45) is -27.5. The first kappa shape index (κ1) is 34.5. The summed E-state index contributed by atoms with van der Waals surface area (Å²) in [7, 11) is 0. The number of alkyl halides is 13. The van der Waals surface area contributed by atoms with E-state index in [0.717, 1.165) is 11.4 Å². The summed E-state index contributed by atoms with van der Waals surface area (Å²) in [5.74, 6) is 0. The van der Waals surface area contributed by atoms with Crippen LogP contribution in [-0.4, -0.2) is 54.0 Å². The number of allylic oxidation sites excluding steroid dienone is 1. The smallest absolute Gasteiger partial charge is 0.377 e. The maximum absolute atomic E-state index is 11.7. The number of halogens is 13. The third-order valence-corrected chi connectivity index (χ3v) is 2.16. The van der Waals surface area contributed by atoms with E-state index in [1.54, 1.807) is 6.08 Å². The van der Waals surface area contributed by atoms with Crippen LogP contribution in [0.5, 0.6) is 0 Å². The zero-order valence-corrected chi connectivity index (χ0v) is 14.5. The molecular weight excluding hydrogens is 496 g/mol. The Hall–Kier alpha value is -0.960. The maximum atomic E-state index is 11.7. The van der Waals surface area contributed by atoms with Crippen molar-refractivity contribution in [2.24, 2.45) is 0 Å². The molecule has 15 heteroatoms. The van der Waals surface area contributed by atoms with Crippen molar-refractivity contribution in [3.8, 4) is 0 Å². The van der Waals surface area contributed by atoms with Crippen molar-refractivity contribution in [2.75, 3.05) is 11.9 Å². The summed E-state index contributed by atoms with van der Waals surface area (Å²) in [5.41, 5.74) is 0. The van der Waals surface area contributed by atoms with E-state index in [1.165, 1.54) is 0 Å². The van der Waals surface area contributed by atoms with E-state index in [4.69, 9.17) is 5.11 Å². The van der Waals surface area contributed by atoms with Gasteiger partial charge in [-0.15, -0.1) is 13.2 Å². The molecule has 0 aliphatic heterocycles. The number of hydrogen-bond donors (Lipinski definition) is 1. The molecule has 0 fully saturated rings. The summed E-state index contributed by atoms with van der Waals surface area (Å²) in [6, 6.07) is 0. The van der Waals surface area contributed by atoms with Gasteiger partial charge >= 0.3 is 24.7 Å².